The molecule has 1 aliphatic heterocycles. The molecular formula is C26H29N3O5S. The third-order valence-corrected chi connectivity index (χ3v) is 7.04. The predicted octanol–water partition coefficient (Wildman–Crippen LogP) is 3.86. The molecule has 0 radical (unpaired) electrons. The molecule has 0 aromatic heterocycles. The molecule has 1 atom stereocenters. The smallest absolute Gasteiger partial charge is 0.251 e. The molecule has 0 bridgehead atoms. The summed E-state index contributed by atoms with van der Waals surface area (Å²) in [7, 11) is -3.63. The van der Waals surface area contributed by atoms with Crippen LogP contribution in [0.4, 0.5) is 5.69 Å². The lowest BCUT2D eigenvalue weighted by atomic mass is 10.1. The van der Waals surface area contributed by atoms with E-state index in [4.69, 9.17) is 9.47 Å². The monoisotopic (exact) mass is 495 g/mol. The normalized spacial score (nSPS) is 16.0. The second-order valence-corrected chi connectivity index (χ2v) is 9.65. The quantitative estimate of drug-likeness (QED) is 0.416. The number of hydrogen-bond donors (Lipinski definition) is 3. The topological polar surface area (TPSA) is 106 Å². The van der Waals surface area contributed by atoms with Crippen molar-refractivity contribution in [1.82, 2.24) is 10.0 Å². The summed E-state index contributed by atoms with van der Waals surface area (Å²) in [5.74, 6) is 1.21. The summed E-state index contributed by atoms with van der Waals surface area (Å²) in [5.41, 5.74) is 2.77. The molecule has 0 saturated carbocycles. The highest BCUT2D eigenvalue weighted by molar-refractivity contribution is 7.89. The van der Waals surface area contributed by atoms with Crippen LogP contribution in [0, 0.1) is 0 Å². The fourth-order valence-electron chi connectivity index (χ4n) is 3.88. The number of hydrogen-bond acceptors (Lipinski definition) is 6. The van der Waals surface area contributed by atoms with Crippen molar-refractivity contribution in [3.8, 4) is 11.5 Å². The Morgan fingerprint density at radius 3 is 2.40 bits per heavy atom. The van der Waals surface area contributed by atoms with Crippen LogP contribution in [0.3, 0.4) is 0 Å². The van der Waals surface area contributed by atoms with Gasteiger partial charge in [-0.05, 0) is 67.8 Å². The second-order valence-electron chi connectivity index (χ2n) is 7.97. The average Bonchev–Trinajstić information content (AvgIpc) is 2.85. The van der Waals surface area contributed by atoms with Crippen LogP contribution in [0.2, 0.25) is 0 Å². The van der Waals surface area contributed by atoms with E-state index >= 15 is 0 Å². The van der Waals surface area contributed by atoms with Gasteiger partial charge in [0.2, 0.25) is 10.0 Å². The van der Waals surface area contributed by atoms with Crippen molar-refractivity contribution in [2.45, 2.75) is 31.3 Å². The highest BCUT2D eigenvalue weighted by Crippen LogP contribution is 2.31. The molecule has 3 aromatic rings. The van der Waals surface area contributed by atoms with E-state index in [-0.39, 0.29) is 10.8 Å². The van der Waals surface area contributed by atoms with Crippen molar-refractivity contribution in [1.29, 1.82) is 0 Å². The molecule has 1 amide bonds. The Morgan fingerprint density at radius 1 is 0.943 bits per heavy atom. The van der Waals surface area contributed by atoms with Crippen molar-refractivity contribution in [3.05, 3.63) is 83.4 Å². The van der Waals surface area contributed by atoms with Crippen molar-refractivity contribution < 1.29 is 22.7 Å². The van der Waals surface area contributed by atoms with Crippen LogP contribution in [0.5, 0.6) is 11.5 Å². The first-order valence-electron chi connectivity index (χ1n) is 11.6. The summed E-state index contributed by atoms with van der Waals surface area (Å²) >= 11 is 0. The summed E-state index contributed by atoms with van der Waals surface area (Å²) in [6.07, 6.45) is 0.0231. The van der Waals surface area contributed by atoms with Crippen LogP contribution >= 0.6 is 0 Å². The minimum atomic E-state index is -3.63. The third kappa shape index (κ3) is 5.75. The summed E-state index contributed by atoms with van der Waals surface area (Å²) < 4.78 is 39.0. The van der Waals surface area contributed by atoms with Crippen LogP contribution in [-0.4, -0.2) is 34.1 Å². The summed E-state index contributed by atoms with van der Waals surface area (Å²) in [6.45, 7) is 5.41. The Bertz CT molecular complexity index is 1290. The Labute approximate surface area is 205 Å². The van der Waals surface area contributed by atoms with Gasteiger partial charge in [0.1, 0.15) is 11.1 Å². The number of ether oxygens (including phenoxy) is 2. The van der Waals surface area contributed by atoms with E-state index in [0.29, 0.717) is 54.5 Å². The first kappa shape index (κ1) is 24.6. The molecule has 0 aliphatic carbocycles. The molecule has 184 valence electrons. The molecule has 4 rings (SSSR count). The molecule has 0 unspecified atom stereocenters. The van der Waals surface area contributed by atoms with Crippen LogP contribution < -0.4 is 24.8 Å². The number of amides is 1. The molecule has 0 saturated heterocycles. The van der Waals surface area contributed by atoms with E-state index in [1.165, 1.54) is 0 Å². The number of nitrogens with one attached hydrogen (secondary N) is 3. The molecular weight excluding hydrogens is 466 g/mol. The van der Waals surface area contributed by atoms with E-state index in [2.05, 4.69) is 15.4 Å². The Hall–Kier alpha value is -3.56. The largest absolute Gasteiger partial charge is 0.490 e. The summed E-state index contributed by atoms with van der Waals surface area (Å²) in [6, 6.07) is 19.4. The summed E-state index contributed by atoms with van der Waals surface area (Å²) in [4.78, 5) is 12.8. The minimum Gasteiger partial charge on any atom is -0.490 e. The number of sulfonamides is 1. The van der Waals surface area contributed by atoms with Gasteiger partial charge in [0.05, 0.1) is 18.9 Å². The van der Waals surface area contributed by atoms with E-state index in [0.717, 1.165) is 5.56 Å². The number of para-hydroxylation sites is 1. The maximum Gasteiger partial charge on any atom is 0.251 e. The standard InChI is InChI=1S/C26H29N3O5S/c1-3-33-22-14-9-18(17-23(22)34-4-2)15-16-27-26(30)20-12-10-19(11-13-20)25-28-21-7-5-6-8-24(21)35(31,32)29-25/h5-14,17,25,28-29H,3-4,15-16H2,1-2H3,(H,27,30)/t25-/m0/s1. The number of anilines is 1. The van der Waals surface area contributed by atoms with E-state index in [9.17, 15) is 13.2 Å². The van der Waals surface area contributed by atoms with Gasteiger partial charge in [0, 0.05) is 12.1 Å². The fraction of sp³-hybridized carbons (Fsp3) is 0.269. The SMILES string of the molecule is CCOc1ccc(CCNC(=O)c2ccc([C@H]3Nc4ccccc4S(=O)(=O)N3)cc2)cc1OCC. The maximum absolute atomic E-state index is 12.6. The summed E-state index contributed by atoms with van der Waals surface area (Å²) in [5, 5.41) is 6.11. The number of carbonyl (C=O) groups is 1. The zero-order valence-corrected chi connectivity index (χ0v) is 20.5. The number of benzene rings is 3. The average molecular weight is 496 g/mol. The van der Waals surface area contributed by atoms with E-state index < -0.39 is 16.2 Å². The van der Waals surface area contributed by atoms with Gasteiger partial charge in [-0.25, -0.2) is 8.42 Å². The lowest BCUT2D eigenvalue weighted by molar-refractivity contribution is 0.0954. The van der Waals surface area contributed by atoms with Crippen molar-refractivity contribution in [3.63, 3.8) is 0 Å². The van der Waals surface area contributed by atoms with Crippen LogP contribution in [-0.2, 0) is 16.4 Å². The first-order valence-corrected chi connectivity index (χ1v) is 13.0. The van der Waals surface area contributed by atoms with Gasteiger partial charge in [-0.1, -0.05) is 30.3 Å². The highest BCUT2D eigenvalue weighted by Gasteiger charge is 2.29. The number of fused-ring (bicyclic) bond motifs is 1. The molecule has 1 aliphatic rings. The lowest BCUT2D eigenvalue weighted by Gasteiger charge is -2.28. The lowest BCUT2D eigenvalue weighted by Crippen LogP contribution is -2.38. The Kier molecular flexibility index (Phi) is 7.57. The molecule has 3 N–H and O–H groups in total. The van der Waals surface area contributed by atoms with Crippen LogP contribution in [0.15, 0.2) is 71.6 Å². The molecule has 0 spiro atoms. The zero-order chi connectivity index (χ0) is 24.8. The number of rotatable bonds is 9. The molecule has 0 fully saturated rings. The van der Waals surface area contributed by atoms with E-state index in [1.807, 2.05) is 32.0 Å². The van der Waals surface area contributed by atoms with Gasteiger partial charge in [0.15, 0.2) is 11.5 Å². The van der Waals surface area contributed by atoms with Gasteiger partial charge < -0.3 is 20.1 Å². The predicted molar refractivity (Wildman–Crippen MR) is 134 cm³/mol. The van der Waals surface area contributed by atoms with Crippen molar-refractivity contribution >= 4 is 21.6 Å². The van der Waals surface area contributed by atoms with Crippen LogP contribution in [0.25, 0.3) is 0 Å². The minimum absolute atomic E-state index is 0.199. The maximum atomic E-state index is 12.6. The Balaban J connectivity index is 1.36. The van der Waals surface area contributed by atoms with Gasteiger partial charge in [-0.3, -0.25) is 4.79 Å². The molecule has 1 heterocycles. The highest BCUT2D eigenvalue weighted by atomic mass is 32.2. The van der Waals surface area contributed by atoms with E-state index in [1.54, 1.807) is 48.5 Å². The molecule has 8 nitrogen and oxygen atoms in total. The van der Waals surface area contributed by atoms with Gasteiger partial charge in [0.25, 0.3) is 5.91 Å². The second kappa shape index (κ2) is 10.8. The third-order valence-electron chi connectivity index (χ3n) is 5.56. The van der Waals surface area contributed by atoms with Crippen LogP contribution in [0.1, 0.15) is 41.5 Å². The number of carbonyl (C=O) groups excluding carboxylic acids is 1. The molecule has 9 heteroatoms. The molecule has 3 aromatic carbocycles. The van der Waals surface area contributed by atoms with Crippen molar-refractivity contribution in [2.24, 2.45) is 0 Å². The first-order chi connectivity index (χ1) is 16.9. The fourth-order valence-corrected chi connectivity index (χ4v) is 5.18. The van der Waals surface area contributed by atoms with Gasteiger partial charge in [-0.2, -0.15) is 4.72 Å². The Morgan fingerprint density at radius 2 is 1.66 bits per heavy atom. The van der Waals surface area contributed by atoms with Crippen molar-refractivity contribution in [2.75, 3.05) is 25.1 Å². The zero-order valence-electron chi connectivity index (χ0n) is 19.7. The molecule has 35 heavy (non-hydrogen) atoms. The van der Waals surface area contributed by atoms with Gasteiger partial charge >= 0.3 is 0 Å². The van der Waals surface area contributed by atoms with Gasteiger partial charge in [-0.15, -0.1) is 0 Å².